The first-order valence-corrected chi connectivity index (χ1v) is 5.00. The van der Waals surface area contributed by atoms with E-state index < -0.39 is 0 Å². The van der Waals surface area contributed by atoms with Crippen LogP contribution in [0.25, 0.3) is 0 Å². The fourth-order valence-electron chi connectivity index (χ4n) is 1.03. The summed E-state index contributed by atoms with van der Waals surface area (Å²) in [5.41, 5.74) is 5.50. The Bertz CT molecular complexity index is 283. The van der Waals surface area contributed by atoms with E-state index in [0.717, 1.165) is 16.0 Å². The lowest BCUT2D eigenvalue weighted by molar-refractivity contribution is 0.272. The Morgan fingerprint density at radius 2 is 2.23 bits per heavy atom. The number of rotatable bonds is 3. The molecule has 74 valence electrons. The fraction of sp³-hybridized carbons (Fsp3) is 0.556. The van der Waals surface area contributed by atoms with E-state index in [0.29, 0.717) is 6.54 Å². The molecule has 0 aliphatic heterocycles. The van der Waals surface area contributed by atoms with E-state index in [1.165, 1.54) is 0 Å². The minimum absolute atomic E-state index is 0.275. The van der Waals surface area contributed by atoms with Gasteiger partial charge in [0, 0.05) is 0 Å². The molecule has 0 bridgehead atoms. The van der Waals surface area contributed by atoms with Crippen molar-refractivity contribution in [2.24, 2.45) is 5.73 Å². The Balaban J connectivity index is 2.90. The van der Waals surface area contributed by atoms with E-state index in [4.69, 9.17) is 10.2 Å². The number of halogens is 1. The highest BCUT2D eigenvalue weighted by Crippen LogP contribution is 2.27. The molecule has 0 amide bonds. The van der Waals surface area contributed by atoms with Gasteiger partial charge in [-0.1, -0.05) is 0 Å². The number of hydrogen-bond donors (Lipinski definition) is 1. The third-order valence-electron chi connectivity index (χ3n) is 2.15. The number of nitrogens with two attached hydrogens (primary N) is 1. The molecular weight excluding hydrogens is 232 g/mol. The van der Waals surface area contributed by atoms with Crippen LogP contribution in [-0.2, 0) is 6.54 Å². The zero-order chi connectivity index (χ0) is 10.0. The average Bonchev–Trinajstić information content (AvgIpc) is 2.45. The molecule has 1 heterocycles. The van der Waals surface area contributed by atoms with Gasteiger partial charge in [-0.15, -0.1) is 0 Å². The zero-order valence-electron chi connectivity index (χ0n) is 8.17. The monoisotopic (exact) mass is 246 g/mol. The van der Waals surface area contributed by atoms with Gasteiger partial charge < -0.3 is 10.2 Å². The van der Waals surface area contributed by atoms with Crippen molar-refractivity contribution in [1.82, 2.24) is 4.90 Å². The molecule has 1 atom stereocenters. The van der Waals surface area contributed by atoms with Crippen LogP contribution in [0.2, 0.25) is 0 Å². The third kappa shape index (κ3) is 2.33. The first kappa shape index (κ1) is 10.8. The number of hydrogen-bond acceptors (Lipinski definition) is 3. The summed E-state index contributed by atoms with van der Waals surface area (Å²) >= 11 is 3.40. The van der Waals surface area contributed by atoms with Crippen molar-refractivity contribution >= 4 is 15.9 Å². The summed E-state index contributed by atoms with van der Waals surface area (Å²) in [4.78, 5) is 2.09. The molecule has 0 aliphatic rings. The van der Waals surface area contributed by atoms with Gasteiger partial charge in [-0.2, -0.15) is 0 Å². The first-order chi connectivity index (χ1) is 6.06. The van der Waals surface area contributed by atoms with Gasteiger partial charge in [0.15, 0.2) is 0 Å². The Kier molecular flexibility index (Phi) is 3.53. The second-order valence-corrected chi connectivity index (χ2v) is 4.12. The van der Waals surface area contributed by atoms with E-state index in [1.54, 1.807) is 0 Å². The average molecular weight is 247 g/mol. The van der Waals surface area contributed by atoms with Crippen molar-refractivity contribution in [2.45, 2.75) is 19.5 Å². The highest BCUT2D eigenvalue weighted by atomic mass is 79.9. The minimum atomic E-state index is 0.275. The van der Waals surface area contributed by atoms with Crippen LogP contribution >= 0.6 is 15.9 Å². The quantitative estimate of drug-likeness (QED) is 0.889. The summed E-state index contributed by atoms with van der Waals surface area (Å²) in [6.45, 7) is 2.52. The van der Waals surface area contributed by atoms with Crippen LogP contribution in [0.1, 0.15) is 24.5 Å². The molecule has 1 aromatic heterocycles. The highest BCUT2D eigenvalue weighted by Gasteiger charge is 2.14. The predicted molar refractivity (Wildman–Crippen MR) is 56.4 cm³/mol. The van der Waals surface area contributed by atoms with Crippen molar-refractivity contribution in [3.63, 3.8) is 0 Å². The second kappa shape index (κ2) is 4.26. The Labute approximate surface area is 87.0 Å². The largest absolute Gasteiger partial charge is 0.462 e. The van der Waals surface area contributed by atoms with E-state index in [9.17, 15) is 0 Å². The lowest BCUT2D eigenvalue weighted by Gasteiger charge is -2.16. The molecule has 0 radical (unpaired) electrons. The molecule has 2 N–H and O–H groups in total. The lowest BCUT2D eigenvalue weighted by Crippen LogP contribution is -2.15. The maximum Gasteiger partial charge on any atom is 0.131 e. The molecule has 1 aromatic rings. The molecule has 1 rings (SSSR count). The standard InChI is InChI=1S/C9H15BrN2O/c1-6(12(2)3)8-4-7(10)9(5-11)13-8/h4,6H,5,11H2,1-3H3. The van der Waals surface area contributed by atoms with Crippen LogP contribution < -0.4 is 5.73 Å². The van der Waals surface area contributed by atoms with Gasteiger partial charge in [0.1, 0.15) is 11.5 Å². The Morgan fingerprint density at radius 1 is 1.62 bits per heavy atom. The summed E-state index contributed by atoms with van der Waals surface area (Å²) in [5, 5.41) is 0. The smallest absolute Gasteiger partial charge is 0.131 e. The highest BCUT2D eigenvalue weighted by molar-refractivity contribution is 9.10. The minimum Gasteiger partial charge on any atom is -0.462 e. The van der Waals surface area contributed by atoms with Gasteiger partial charge >= 0.3 is 0 Å². The molecule has 1 unspecified atom stereocenters. The molecule has 0 aliphatic carbocycles. The second-order valence-electron chi connectivity index (χ2n) is 3.26. The normalized spacial score (nSPS) is 13.7. The SMILES string of the molecule is CC(c1cc(Br)c(CN)o1)N(C)C. The Hall–Kier alpha value is -0.320. The third-order valence-corrected chi connectivity index (χ3v) is 2.82. The van der Waals surface area contributed by atoms with Gasteiger partial charge in [0.25, 0.3) is 0 Å². The number of nitrogens with zero attached hydrogens (tertiary/aromatic N) is 1. The maximum absolute atomic E-state index is 5.57. The maximum atomic E-state index is 5.57. The molecule has 0 saturated heterocycles. The van der Waals surface area contributed by atoms with Crippen molar-refractivity contribution in [3.05, 3.63) is 22.1 Å². The van der Waals surface area contributed by atoms with Crippen LogP contribution in [0.4, 0.5) is 0 Å². The molecule has 0 spiro atoms. The fourth-order valence-corrected chi connectivity index (χ4v) is 1.49. The number of furan rings is 1. The molecule has 0 saturated carbocycles. The van der Waals surface area contributed by atoms with Crippen molar-refractivity contribution in [1.29, 1.82) is 0 Å². The summed E-state index contributed by atoms with van der Waals surface area (Å²) in [6.07, 6.45) is 0. The molecule has 3 nitrogen and oxygen atoms in total. The lowest BCUT2D eigenvalue weighted by atomic mass is 10.2. The van der Waals surface area contributed by atoms with Crippen LogP contribution in [0.5, 0.6) is 0 Å². The van der Waals surface area contributed by atoms with Crippen molar-refractivity contribution in [3.8, 4) is 0 Å². The first-order valence-electron chi connectivity index (χ1n) is 4.21. The van der Waals surface area contributed by atoms with Crippen molar-refractivity contribution < 1.29 is 4.42 Å². The zero-order valence-corrected chi connectivity index (χ0v) is 9.76. The van der Waals surface area contributed by atoms with Crippen LogP contribution in [0.3, 0.4) is 0 Å². The van der Waals surface area contributed by atoms with E-state index in [2.05, 4.69) is 27.8 Å². The summed E-state index contributed by atoms with van der Waals surface area (Å²) < 4.78 is 6.53. The van der Waals surface area contributed by atoms with E-state index in [-0.39, 0.29) is 6.04 Å². The summed E-state index contributed by atoms with van der Waals surface area (Å²) in [5.74, 6) is 1.75. The van der Waals surface area contributed by atoms with Crippen LogP contribution in [0.15, 0.2) is 15.0 Å². The van der Waals surface area contributed by atoms with E-state index in [1.807, 2.05) is 20.2 Å². The molecule has 0 fully saturated rings. The topological polar surface area (TPSA) is 42.4 Å². The molecule has 13 heavy (non-hydrogen) atoms. The Morgan fingerprint density at radius 3 is 2.62 bits per heavy atom. The van der Waals surface area contributed by atoms with Crippen molar-refractivity contribution in [2.75, 3.05) is 14.1 Å². The van der Waals surface area contributed by atoms with Gasteiger partial charge in [0.2, 0.25) is 0 Å². The van der Waals surface area contributed by atoms with Gasteiger partial charge in [-0.05, 0) is 43.0 Å². The van der Waals surface area contributed by atoms with Gasteiger partial charge in [-0.25, -0.2) is 0 Å². The molecule has 4 heteroatoms. The van der Waals surface area contributed by atoms with Gasteiger partial charge in [0.05, 0.1) is 17.1 Å². The summed E-state index contributed by atoms with van der Waals surface area (Å²) in [7, 11) is 4.03. The molecular formula is C9H15BrN2O. The van der Waals surface area contributed by atoms with E-state index >= 15 is 0 Å². The summed E-state index contributed by atoms with van der Waals surface area (Å²) in [6, 6.07) is 2.25. The predicted octanol–water partition coefficient (Wildman–Crippen LogP) is 2.12. The van der Waals surface area contributed by atoms with Crippen LogP contribution in [0, 0.1) is 0 Å². The molecule has 0 aromatic carbocycles. The van der Waals surface area contributed by atoms with Gasteiger partial charge in [-0.3, -0.25) is 4.90 Å². The van der Waals surface area contributed by atoms with Crippen LogP contribution in [-0.4, -0.2) is 19.0 Å².